The Labute approximate surface area is 56.4 Å². The third kappa shape index (κ3) is 0.752. The van der Waals surface area contributed by atoms with Crippen LogP contribution in [0.3, 0.4) is 0 Å². The number of hydrogen-bond donors (Lipinski definition) is 0. The second-order valence-electron chi connectivity index (χ2n) is 3.19. The van der Waals surface area contributed by atoms with Gasteiger partial charge >= 0.3 is 0 Å². The van der Waals surface area contributed by atoms with E-state index in [1.54, 1.807) is 5.57 Å². The van der Waals surface area contributed by atoms with Crippen LogP contribution in [-0.2, 0) is 0 Å². The lowest BCUT2D eigenvalue weighted by Crippen LogP contribution is -2.45. The number of allylic oxidation sites excluding steroid dienone is 1. The van der Waals surface area contributed by atoms with Crippen molar-refractivity contribution >= 4 is 0 Å². The molecule has 1 saturated heterocycles. The molecule has 1 nitrogen and oxygen atoms in total. The third-order valence-electron chi connectivity index (χ3n) is 2.45. The van der Waals surface area contributed by atoms with Crippen LogP contribution in [0, 0.1) is 0 Å². The normalized spacial score (nSPS) is 32.8. The van der Waals surface area contributed by atoms with E-state index in [4.69, 9.17) is 0 Å². The molecule has 1 fully saturated rings. The number of nitrogens with zero attached hydrogens (tertiary/aromatic N) is 1. The maximum atomic E-state index is 2.47. The van der Waals surface area contributed by atoms with Gasteiger partial charge in [-0.3, -0.25) is 0 Å². The molecule has 0 amide bonds. The Bertz CT molecular complexity index is 149. The summed E-state index contributed by atoms with van der Waals surface area (Å²) in [6.45, 7) is 3.54. The molecule has 0 aromatic rings. The van der Waals surface area contributed by atoms with Gasteiger partial charge in [0.15, 0.2) is 0 Å². The average molecular weight is 123 g/mol. The molecule has 0 spiro atoms. The Morgan fingerprint density at radius 2 is 2.44 bits per heavy atom. The summed E-state index contributed by atoms with van der Waals surface area (Å²) in [5.41, 5.74) is 1.56. The van der Waals surface area contributed by atoms with Gasteiger partial charge in [-0.1, -0.05) is 5.57 Å². The first-order valence-electron chi connectivity index (χ1n) is 3.79. The van der Waals surface area contributed by atoms with Gasteiger partial charge in [-0.05, 0) is 32.4 Å². The quantitative estimate of drug-likeness (QED) is 0.474. The molecule has 50 valence electrons. The first-order valence-corrected chi connectivity index (χ1v) is 3.79. The highest BCUT2D eigenvalue weighted by atomic mass is 15.2. The zero-order valence-electron chi connectivity index (χ0n) is 5.93. The Morgan fingerprint density at radius 3 is 2.89 bits per heavy atom. The Kier molecular flexibility index (Phi) is 1.04. The number of rotatable bonds is 0. The lowest BCUT2D eigenvalue weighted by Gasteiger charge is -2.43. The SMILES string of the molecule is CC1=CN2CCC2CC1. The van der Waals surface area contributed by atoms with Crippen LogP contribution in [0.1, 0.15) is 26.2 Å². The molecule has 2 heterocycles. The Morgan fingerprint density at radius 1 is 1.56 bits per heavy atom. The maximum Gasteiger partial charge on any atom is 0.0304 e. The lowest BCUT2D eigenvalue weighted by atomic mass is 9.92. The second kappa shape index (κ2) is 1.76. The van der Waals surface area contributed by atoms with Gasteiger partial charge in [0.2, 0.25) is 0 Å². The smallest absolute Gasteiger partial charge is 0.0304 e. The van der Waals surface area contributed by atoms with Crippen molar-refractivity contribution < 1.29 is 0 Å². The van der Waals surface area contributed by atoms with E-state index in [-0.39, 0.29) is 0 Å². The first kappa shape index (κ1) is 5.33. The van der Waals surface area contributed by atoms with Crippen LogP contribution < -0.4 is 0 Å². The van der Waals surface area contributed by atoms with Gasteiger partial charge in [0.05, 0.1) is 0 Å². The van der Waals surface area contributed by atoms with Gasteiger partial charge in [-0.15, -0.1) is 0 Å². The molecule has 2 aliphatic rings. The molecule has 0 radical (unpaired) electrons. The first-order chi connectivity index (χ1) is 4.36. The van der Waals surface area contributed by atoms with E-state index in [0.29, 0.717) is 0 Å². The fraction of sp³-hybridized carbons (Fsp3) is 0.750. The molecule has 9 heavy (non-hydrogen) atoms. The summed E-state index contributed by atoms with van der Waals surface area (Å²) in [4.78, 5) is 2.47. The fourth-order valence-electron chi connectivity index (χ4n) is 1.68. The molecule has 1 unspecified atom stereocenters. The Balaban J connectivity index is 2.11. The number of fused-ring (bicyclic) bond motifs is 1. The molecule has 0 bridgehead atoms. The van der Waals surface area contributed by atoms with Crippen molar-refractivity contribution in [3.05, 3.63) is 11.8 Å². The highest BCUT2D eigenvalue weighted by Gasteiger charge is 2.27. The van der Waals surface area contributed by atoms with Gasteiger partial charge in [0.1, 0.15) is 0 Å². The highest BCUT2D eigenvalue weighted by molar-refractivity contribution is 5.07. The summed E-state index contributed by atoms with van der Waals surface area (Å²) in [7, 11) is 0. The van der Waals surface area contributed by atoms with Gasteiger partial charge < -0.3 is 4.90 Å². The van der Waals surface area contributed by atoms with E-state index < -0.39 is 0 Å². The van der Waals surface area contributed by atoms with Crippen molar-refractivity contribution in [3.8, 4) is 0 Å². The van der Waals surface area contributed by atoms with Crippen LogP contribution in [0.25, 0.3) is 0 Å². The third-order valence-corrected chi connectivity index (χ3v) is 2.45. The minimum absolute atomic E-state index is 0.925. The van der Waals surface area contributed by atoms with E-state index in [0.717, 1.165) is 6.04 Å². The summed E-state index contributed by atoms with van der Waals surface area (Å²) in [6.07, 6.45) is 6.50. The van der Waals surface area contributed by atoms with E-state index in [1.807, 2.05) is 0 Å². The molecule has 0 aromatic heterocycles. The molecule has 1 heteroatoms. The van der Waals surface area contributed by atoms with Crippen molar-refractivity contribution in [3.63, 3.8) is 0 Å². The molecule has 0 N–H and O–H groups in total. The van der Waals surface area contributed by atoms with Crippen LogP contribution in [0.4, 0.5) is 0 Å². The summed E-state index contributed by atoms with van der Waals surface area (Å²) >= 11 is 0. The lowest BCUT2D eigenvalue weighted by molar-refractivity contribution is 0.133. The summed E-state index contributed by atoms with van der Waals surface area (Å²) < 4.78 is 0. The van der Waals surface area contributed by atoms with Crippen LogP contribution in [0.15, 0.2) is 11.8 Å². The summed E-state index contributed by atoms with van der Waals surface area (Å²) in [5.74, 6) is 0. The average Bonchev–Trinajstić information content (AvgIpc) is 1.78. The number of hydrogen-bond acceptors (Lipinski definition) is 1. The minimum Gasteiger partial charge on any atom is -0.374 e. The molecule has 0 aromatic carbocycles. The van der Waals surface area contributed by atoms with Crippen LogP contribution >= 0.6 is 0 Å². The van der Waals surface area contributed by atoms with Gasteiger partial charge in [0, 0.05) is 12.6 Å². The Hall–Kier alpha value is -0.460. The van der Waals surface area contributed by atoms with Crippen LogP contribution in [-0.4, -0.2) is 17.5 Å². The predicted molar refractivity (Wildman–Crippen MR) is 38.1 cm³/mol. The summed E-state index contributed by atoms with van der Waals surface area (Å²) in [5, 5.41) is 0. The molecule has 0 saturated carbocycles. The van der Waals surface area contributed by atoms with E-state index in [1.165, 1.54) is 25.8 Å². The molecular formula is C8H13N. The van der Waals surface area contributed by atoms with Crippen molar-refractivity contribution in [1.29, 1.82) is 0 Å². The zero-order chi connectivity index (χ0) is 6.27. The highest BCUT2D eigenvalue weighted by Crippen LogP contribution is 2.28. The fourth-order valence-corrected chi connectivity index (χ4v) is 1.68. The monoisotopic (exact) mass is 123 g/mol. The van der Waals surface area contributed by atoms with Crippen molar-refractivity contribution in [2.24, 2.45) is 0 Å². The van der Waals surface area contributed by atoms with Crippen LogP contribution in [0.2, 0.25) is 0 Å². The zero-order valence-corrected chi connectivity index (χ0v) is 5.93. The van der Waals surface area contributed by atoms with Crippen LogP contribution in [0.5, 0.6) is 0 Å². The standard InChI is InChI=1S/C8H13N/c1-7-2-3-8-4-5-9(8)6-7/h6,8H,2-5H2,1H3. The minimum atomic E-state index is 0.925. The summed E-state index contributed by atoms with van der Waals surface area (Å²) in [6, 6.07) is 0.925. The second-order valence-corrected chi connectivity index (χ2v) is 3.19. The van der Waals surface area contributed by atoms with E-state index in [2.05, 4.69) is 18.0 Å². The molecule has 0 aliphatic carbocycles. The van der Waals surface area contributed by atoms with Crippen molar-refractivity contribution in [2.45, 2.75) is 32.2 Å². The van der Waals surface area contributed by atoms with Crippen molar-refractivity contribution in [1.82, 2.24) is 4.90 Å². The van der Waals surface area contributed by atoms with Gasteiger partial charge in [0.25, 0.3) is 0 Å². The molecule has 1 atom stereocenters. The predicted octanol–water partition coefficient (Wildman–Crippen LogP) is 1.76. The van der Waals surface area contributed by atoms with Gasteiger partial charge in [-0.25, -0.2) is 0 Å². The van der Waals surface area contributed by atoms with Gasteiger partial charge in [-0.2, -0.15) is 0 Å². The maximum absolute atomic E-state index is 2.47. The van der Waals surface area contributed by atoms with Crippen molar-refractivity contribution in [2.75, 3.05) is 6.54 Å². The topological polar surface area (TPSA) is 3.24 Å². The van der Waals surface area contributed by atoms with E-state index in [9.17, 15) is 0 Å². The largest absolute Gasteiger partial charge is 0.374 e. The van der Waals surface area contributed by atoms with E-state index >= 15 is 0 Å². The molecule has 2 rings (SSSR count). The molecular weight excluding hydrogens is 110 g/mol. The molecule has 2 aliphatic heterocycles.